The van der Waals surface area contributed by atoms with Crippen molar-refractivity contribution in [3.8, 4) is 11.5 Å². The minimum Gasteiger partial charge on any atom is -0.493 e. The lowest BCUT2D eigenvalue weighted by Gasteiger charge is -2.28. The van der Waals surface area contributed by atoms with Gasteiger partial charge in [0.1, 0.15) is 0 Å². The maximum Gasteiger partial charge on any atom is 0.251 e. The summed E-state index contributed by atoms with van der Waals surface area (Å²) in [7, 11) is 1.57. The van der Waals surface area contributed by atoms with E-state index in [0.29, 0.717) is 23.7 Å². The highest BCUT2D eigenvalue weighted by Gasteiger charge is 2.34. The van der Waals surface area contributed by atoms with Gasteiger partial charge >= 0.3 is 0 Å². The fourth-order valence-corrected chi connectivity index (χ4v) is 2.77. The van der Waals surface area contributed by atoms with E-state index in [-0.39, 0.29) is 12.5 Å². The van der Waals surface area contributed by atoms with Gasteiger partial charge in [-0.15, -0.1) is 0 Å². The number of rotatable bonds is 6. The van der Waals surface area contributed by atoms with Gasteiger partial charge in [0.2, 0.25) is 0 Å². The Morgan fingerprint density at radius 2 is 2.05 bits per heavy atom. The summed E-state index contributed by atoms with van der Waals surface area (Å²) in [5.41, 5.74) is 0.0435. The third-order valence-electron chi connectivity index (χ3n) is 3.97. The van der Waals surface area contributed by atoms with Crippen LogP contribution in [0.25, 0.3) is 0 Å². The van der Waals surface area contributed by atoms with Gasteiger partial charge in [-0.1, -0.05) is 12.8 Å². The van der Waals surface area contributed by atoms with E-state index in [0.717, 1.165) is 25.7 Å². The molecular formula is C16H23NO4. The van der Waals surface area contributed by atoms with Crippen LogP contribution in [0.1, 0.15) is 43.0 Å². The highest BCUT2D eigenvalue weighted by Crippen LogP contribution is 2.31. The molecular weight excluding hydrogens is 270 g/mol. The molecule has 0 spiro atoms. The lowest BCUT2D eigenvalue weighted by atomic mass is 9.98. The van der Waals surface area contributed by atoms with E-state index in [1.807, 2.05) is 6.92 Å². The Balaban J connectivity index is 2.17. The Morgan fingerprint density at radius 1 is 1.33 bits per heavy atom. The van der Waals surface area contributed by atoms with Crippen molar-refractivity contribution in [2.24, 2.45) is 0 Å². The van der Waals surface area contributed by atoms with Gasteiger partial charge in [0.15, 0.2) is 11.5 Å². The van der Waals surface area contributed by atoms with Crippen molar-refractivity contribution in [1.82, 2.24) is 5.32 Å². The van der Waals surface area contributed by atoms with Crippen LogP contribution >= 0.6 is 0 Å². The largest absolute Gasteiger partial charge is 0.493 e. The molecule has 0 atom stereocenters. The fourth-order valence-electron chi connectivity index (χ4n) is 2.77. The normalized spacial score (nSPS) is 16.5. The zero-order valence-corrected chi connectivity index (χ0v) is 12.6. The Hall–Kier alpha value is -1.75. The Labute approximate surface area is 125 Å². The molecule has 116 valence electrons. The number of hydrogen-bond acceptors (Lipinski definition) is 4. The van der Waals surface area contributed by atoms with Gasteiger partial charge in [0, 0.05) is 5.56 Å². The van der Waals surface area contributed by atoms with Gasteiger partial charge in [-0.25, -0.2) is 0 Å². The number of nitrogens with one attached hydrogen (secondary N) is 1. The van der Waals surface area contributed by atoms with Crippen LogP contribution < -0.4 is 14.8 Å². The molecule has 0 radical (unpaired) electrons. The standard InChI is InChI=1S/C16H23NO4/c1-3-21-14-10-12(6-7-13(14)20-2)15(19)17-16(11-18)8-4-5-9-16/h6-7,10,18H,3-5,8-9,11H2,1-2H3,(H,17,19). The predicted molar refractivity (Wildman–Crippen MR) is 79.9 cm³/mol. The molecule has 0 unspecified atom stereocenters. The van der Waals surface area contributed by atoms with E-state index in [1.54, 1.807) is 25.3 Å². The number of carbonyl (C=O) groups excluding carboxylic acids is 1. The third-order valence-corrected chi connectivity index (χ3v) is 3.97. The van der Waals surface area contributed by atoms with Crippen LogP contribution in [0.4, 0.5) is 0 Å². The Bertz CT molecular complexity index is 495. The number of aliphatic hydroxyl groups is 1. The Morgan fingerprint density at radius 3 is 2.62 bits per heavy atom. The number of hydrogen-bond donors (Lipinski definition) is 2. The molecule has 21 heavy (non-hydrogen) atoms. The van der Waals surface area contributed by atoms with Crippen LogP contribution in [-0.2, 0) is 0 Å². The third kappa shape index (κ3) is 3.47. The second kappa shape index (κ2) is 6.80. The summed E-state index contributed by atoms with van der Waals surface area (Å²) in [4.78, 5) is 12.4. The summed E-state index contributed by atoms with van der Waals surface area (Å²) in [6.45, 7) is 2.36. The zero-order valence-electron chi connectivity index (χ0n) is 12.6. The van der Waals surface area contributed by atoms with Gasteiger partial charge in [-0.3, -0.25) is 4.79 Å². The van der Waals surface area contributed by atoms with Crippen molar-refractivity contribution in [2.45, 2.75) is 38.1 Å². The van der Waals surface area contributed by atoms with Gasteiger partial charge in [0.05, 0.1) is 25.9 Å². The van der Waals surface area contributed by atoms with E-state index in [9.17, 15) is 9.90 Å². The van der Waals surface area contributed by atoms with Crippen molar-refractivity contribution in [3.63, 3.8) is 0 Å². The summed E-state index contributed by atoms with van der Waals surface area (Å²) in [5, 5.41) is 12.6. The van der Waals surface area contributed by atoms with E-state index in [4.69, 9.17) is 9.47 Å². The molecule has 1 fully saturated rings. The van der Waals surface area contributed by atoms with E-state index in [2.05, 4.69) is 5.32 Å². The molecule has 0 aromatic heterocycles. The molecule has 0 aliphatic heterocycles. The molecule has 1 saturated carbocycles. The number of aliphatic hydroxyl groups excluding tert-OH is 1. The van der Waals surface area contributed by atoms with Gasteiger partial charge in [-0.2, -0.15) is 0 Å². The van der Waals surface area contributed by atoms with Gasteiger partial charge in [-0.05, 0) is 38.0 Å². The topological polar surface area (TPSA) is 67.8 Å². The number of carbonyl (C=O) groups is 1. The molecule has 1 aliphatic carbocycles. The van der Waals surface area contributed by atoms with E-state index < -0.39 is 5.54 Å². The van der Waals surface area contributed by atoms with Crippen LogP contribution in [0.15, 0.2) is 18.2 Å². The minimum atomic E-state index is -0.469. The molecule has 1 aromatic carbocycles. The first kappa shape index (κ1) is 15.6. The smallest absolute Gasteiger partial charge is 0.251 e. The van der Waals surface area contributed by atoms with Crippen molar-refractivity contribution >= 4 is 5.91 Å². The first-order valence-corrected chi connectivity index (χ1v) is 7.38. The summed E-state index contributed by atoms with van der Waals surface area (Å²) < 4.78 is 10.7. The van der Waals surface area contributed by atoms with E-state index in [1.165, 1.54) is 0 Å². The summed E-state index contributed by atoms with van der Waals surface area (Å²) in [6, 6.07) is 5.11. The quantitative estimate of drug-likeness (QED) is 0.843. The van der Waals surface area contributed by atoms with Gasteiger partial charge < -0.3 is 19.9 Å². The molecule has 1 aliphatic rings. The maximum atomic E-state index is 12.4. The minimum absolute atomic E-state index is 0.0206. The van der Waals surface area contributed by atoms with Crippen LogP contribution in [0.3, 0.4) is 0 Å². The number of ether oxygens (including phenoxy) is 2. The molecule has 2 N–H and O–H groups in total. The molecule has 2 rings (SSSR count). The highest BCUT2D eigenvalue weighted by atomic mass is 16.5. The molecule has 5 heteroatoms. The van der Waals surface area contributed by atoms with Crippen molar-refractivity contribution < 1.29 is 19.4 Å². The van der Waals surface area contributed by atoms with Crippen LogP contribution in [0, 0.1) is 0 Å². The summed E-state index contributed by atoms with van der Waals surface area (Å²) in [5.74, 6) is 0.970. The SMILES string of the molecule is CCOc1cc(C(=O)NC2(CO)CCCC2)ccc1OC. The zero-order chi connectivity index (χ0) is 15.3. The monoisotopic (exact) mass is 293 g/mol. The van der Waals surface area contributed by atoms with Gasteiger partial charge in [0.25, 0.3) is 5.91 Å². The average molecular weight is 293 g/mol. The molecule has 1 amide bonds. The number of methoxy groups -OCH3 is 1. The Kier molecular flexibility index (Phi) is 5.07. The lowest BCUT2D eigenvalue weighted by Crippen LogP contribution is -2.49. The van der Waals surface area contributed by atoms with Crippen molar-refractivity contribution in [3.05, 3.63) is 23.8 Å². The van der Waals surface area contributed by atoms with Crippen LogP contribution in [-0.4, -0.2) is 36.9 Å². The summed E-state index contributed by atoms with van der Waals surface area (Å²) in [6.07, 6.45) is 3.72. The second-order valence-electron chi connectivity index (χ2n) is 5.40. The average Bonchev–Trinajstić information content (AvgIpc) is 2.96. The highest BCUT2D eigenvalue weighted by molar-refractivity contribution is 5.95. The first-order chi connectivity index (χ1) is 10.1. The molecule has 1 aromatic rings. The van der Waals surface area contributed by atoms with Crippen LogP contribution in [0.2, 0.25) is 0 Å². The maximum absolute atomic E-state index is 12.4. The number of benzene rings is 1. The molecule has 5 nitrogen and oxygen atoms in total. The predicted octanol–water partition coefficient (Wildman–Crippen LogP) is 2.13. The lowest BCUT2D eigenvalue weighted by molar-refractivity contribution is 0.0838. The molecule has 0 saturated heterocycles. The van der Waals surface area contributed by atoms with Crippen molar-refractivity contribution in [2.75, 3.05) is 20.3 Å². The molecule has 0 bridgehead atoms. The second-order valence-corrected chi connectivity index (χ2v) is 5.40. The fraction of sp³-hybridized carbons (Fsp3) is 0.562. The summed E-state index contributed by atoms with van der Waals surface area (Å²) >= 11 is 0. The van der Waals surface area contributed by atoms with E-state index >= 15 is 0 Å². The van der Waals surface area contributed by atoms with Crippen molar-refractivity contribution in [1.29, 1.82) is 0 Å². The first-order valence-electron chi connectivity index (χ1n) is 7.38. The number of amides is 1. The van der Waals surface area contributed by atoms with Crippen LogP contribution in [0.5, 0.6) is 11.5 Å². The molecule has 0 heterocycles.